The molecule has 0 aliphatic heterocycles. The molecule has 3 nitrogen and oxygen atoms in total. The van der Waals surface area contributed by atoms with Crippen molar-refractivity contribution >= 4 is 21.9 Å². The SMILES string of the molecule is c1ccc(-c2ccc(-c3cc(-c4ccccn4)cc(-n4c5ccccc5c5cccnc54)c3)cc2)cc1. The number of hydrogen-bond acceptors (Lipinski definition) is 2. The fourth-order valence-corrected chi connectivity index (χ4v) is 5.13. The zero-order chi connectivity index (χ0) is 24.6. The first-order valence-electron chi connectivity index (χ1n) is 12.4. The quantitative estimate of drug-likeness (QED) is 0.256. The summed E-state index contributed by atoms with van der Waals surface area (Å²) >= 11 is 0. The molecule has 0 fully saturated rings. The molecule has 0 spiro atoms. The van der Waals surface area contributed by atoms with Crippen LogP contribution in [-0.2, 0) is 0 Å². The van der Waals surface area contributed by atoms with E-state index in [9.17, 15) is 0 Å². The lowest BCUT2D eigenvalue weighted by Gasteiger charge is -2.13. The summed E-state index contributed by atoms with van der Waals surface area (Å²) in [5, 5.41) is 2.35. The van der Waals surface area contributed by atoms with Crippen molar-refractivity contribution in [1.29, 1.82) is 0 Å². The Morgan fingerprint density at radius 3 is 1.89 bits per heavy atom. The van der Waals surface area contributed by atoms with E-state index in [2.05, 4.69) is 113 Å². The van der Waals surface area contributed by atoms with Crippen LogP contribution in [0, 0.1) is 0 Å². The van der Waals surface area contributed by atoms with Crippen LogP contribution in [0.4, 0.5) is 0 Å². The first-order chi connectivity index (χ1) is 18.3. The van der Waals surface area contributed by atoms with Gasteiger partial charge in [0.05, 0.1) is 11.2 Å². The van der Waals surface area contributed by atoms with E-state index in [4.69, 9.17) is 4.98 Å². The van der Waals surface area contributed by atoms with Crippen molar-refractivity contribution in [1.82, 2.24) is 14.5 Å². The molecule has 7 aromatic rings. The highest BCUT2D eigenvalue weighted by molar-refractivity contribution is 6.07. The van der Waals surface area contributed by atoms with Crippen molar-refractivity contribution in [3.05, 3.63) is 140 Å². The van der Waals surface area contributed by atoms with Crippen LogP contribution in [0.25, 0.3) is 61.1 Å². The van der Waals surface area contributed by atoms with Gasteiger partial charge in [-0.1, -0.05) is 78.9 Å². The Labute approximate surface area is 215 Å². The predicted molar refractivity (Wildman–Crippen MR) is 153 cm³/mol. The van der Waals surface area contributed by atoms with Crippen molar-refractivity contribution in [3.63, 3.8) is 0 Å². The molecule has 0 saturated heterocycles. The monoisotopic (exact) mass is 473 g/mol. The van der Waals surface area contributed by atoms with E-state index in [1.54, 1.807) is 0 Å². The van der Waals surface area contributed by atoms with E-state index in [0.717, 1.165) is 44.6 Å². The number of nitrogens with zero attached hydrogens (tertiary/aromatic N) is 3. The maximum atomic E-state index is 4.79. The van der Waals surface area contributed by atoms with Crippen molar-refractivity contribution in [2.75, 3.05) is 0 Å². The molecular weight excluding hydrogens is 450 g/mol. The zero-order valence-electron chi connectivity index (χ0n) is 20.1. The number of hydrogen-bond donors (Lipinski definition) is 0. The molecule has 0 radical (unpaired) electrons. The van der Waals surface area contributed by atoms with Gasteiger partial charge in [-0.05, 0) is 70.8 Å². The van der Waals surface area contributed by atoms with E-state index in [1.165, 1.54) is 16.5 Å². The van der Waals surface area contributed by atoms with Gasteiger partial charge in [-0.3, -0.25) is 9.55 Å². The van der Waals surface area contributed by atoms with Gasteiger partial charge in [-0.15, -0.1) is 0 Å². The summed E-state index contributed by atoms with van der Waals surface area (Å²) in [7, 11) is 0. The minimum Gasteiger partial charge on any atom is -0.294 e. The summed E-state index contributed by atoms with van der Waals surface area (Å²) in [6.45, 7) is 0. The lowest BCUT2D eigenvalue weighted by Crippen LogP contribution is -1.97. The van der Waals surface area contributed by atoms with E-state index in [-0.39, 0.29) is 0 Å². The van der Waals surface area contributed by atoms with Crippen molar-refractivity contribution in [2.24, 2.45) is 0 Å². The van der Waals surface area contributed by atoms with Gasteiger partial charge in [0.25, 0.3) is 0 Å². The standard InChI is InChI=1S/C34H23N3/c1-2-9-24(10-3-1)25-15-17-26(18-16-25)27-21-28(32-13-6-7-19-35-32)23-29(22-27)37-33-14-5-4-11-30(33)31-12-8-20-36-34(31)37/h1-23H. The topological polar surface area (TPSA) is 30.7 Å². The van der Waals surface area contributed by atoms with Gasteiger partial charge in [0, 0.05) is 34.4 Å². The maximum Gasteiger partial charge on any atom is 0.145 e. The van der Waals surface area contributed by atoms with Crippen LogP contribution >= 0.6 is 0 Å². The van der Waals surface area contributed by atoms with Crippen LogP contribution in [0.2, 0.25) is 0 Å². The Morgan fingerprint density at radius 2 is 1.08 bits per heavy atom. The smallest absolute Gasteiger partial charge is 0.145 e. The molecule has 3 heteroatoms. The molecule has 3 aromatic heterocycles. The molecule has 0 saturated carbocycles. The molecule has 4 aromatic carbocycles. The number of para-hydroxylation sites is 1. The van der Waals surface area contributed by atoms with Gasteiger partial charge < -0.3 is 0 Å². The molecule has 0 atom stereocenters. The van der Waals surface area contributed by atoms with E-state index < -0.39 is 0 Å². The Morgan fingerprint density at radius 1 is 0.432 bits per heavy atom. The summed E-state index contributed by atoms with van der Waals surface area (Å²) in [5.74, 6) is 0. The first-order valence-corrected chi connectivity index (χ1v) is 12.4. The molecule has 0 aliphatic rings. The molecular formula is C34H23N3. The molecule has 0 N–H and O–H groups in total. The molecule has 0 aliphatic carbocycles. The molecule has 0 unspecified atom stereocenters. The van der Waals surface area contributed by atoms with Crippen LogP contribution in [0.1, 0.15) is 0 Å². The van der Waals surface area contributed by atoms with Gasteiger partial charge in [-0.25, -0.2) is 4.98 Å². The predicted octanol–water partition coefficient (Wildman–Crippen LogP) is 8.57. The highest BCUT2D eigenvalue weighted by Gasteiger charge is 2.15. The molecule has 7 rings (SSSR count). The van der Waals surface area contributed by atoms with Gasteiger partial charge >= 0.3 is 0 Å². The minimum atomic E-state index is 0.945. The van der Waals surface area contributed by atoms with Crippen LogP contribution < -0.4 is 0 Å². The molecule has 174 valence electrons. The lowest BCUT2D eigenvalue weighted by atomic mass is 9.97. The number of fused-ring (bicyclic) bond motifs is 3. The summed E-state index contributed by atoms with van der Waals surface area (Å²) in [6.07, 6.45) is 3.71. The van der Waals surface area contributed by atoms with Crippen molar-refractivity contribution < 1.29 is 0 Å². The Bertz CT molecular complexity index is 1800. The maximum absolute atomic E-state index is 4.79. The Balaban J connectivity index is 1.45. The van der Waals surface area contributed by atoms with Crippen LogP contribution in [0.3, 0.4) is 0 Å². The van der Waals surface area contributed by atoms with Gasteiger partial charge in [0.2, 0.25) is 0 Å². The van der Waals surface area contributed by atoms with Crippen LogP contribution in [0.15, 0.2) is 140 Å². The number of pyridine rings is 2. The summed E-state index contributed by atoms with van der Waals surface area (Å²) in [6, 6.07) is 44.7. The zero-order valence-corrected chi connectivity index (χ0v) is 20.1. The largest absolute Gasteiger partial charge is 0.294 e. The minimum absolute atomic E-state index is 0.945. The Kier molecular flexibility index (Phi) is 5.11. The average Bonchev–Trinajstić information content (AvgIpc) is 3.32. The van der Waals surface area contributed by atoms with Crippen molar-refractivity contribution in [3.8, 4) is 39.2 Å². The first kappa shape index (κ1) is 21.3. The summed E-state index contributed by atoms with van der Waals surface area (Å²) in [4.78, 5) is 9.45. The highest BCUT2D eigenvalue weighted by atomic mass is 15.0. The normalized spacial score (nSPS) is 11.2. The third-order valence-corrected chi connectivity index (χ3v) is 6.90. The lowest BCUT2D eigenvalue weighted by molar-refractivity contribution is 1.13. The third-order valence-electron chi connectivity index (χ3n) is 6.90. The van der Waals surface area contributed by atoms with Gasteiger partial charge in [-0.2, -0.15) is 0 Å². The van der Waals surface area contributed by atoms with Gasteiger partial charge in [0.15, 0.2) is 0 Å². The average molecular weight is 474 g/mol. The second-order valence-electron chi connectivity index (χ2n) is 9.15. The number of aromatic nitrogens is 3. The van der Waals surface area contributed by atoms with Crippen LogP contribution in [0.5, 0.6) is 0 Å². The molecule has 0 amide bonds. The second-order valence-corrected chi connectivity index (χ2v) is 9.15. The summed E-state index contributed by atoms with van der Waals surface area (Å²) < 4.78 is 2.26. The fourth-order valence-electron chi connectivity index (χ4n) is 5.13. The van der Waals surface area contributed by atoms with E-state index in [0.29, 0.717) is 0 Å². The number of benzene rings is 4. The van der Waals surface area contributed by atoms with Gasteiger partial charge in [0.1, 0.15) is 5.65 Å². The third kappa shape index (κ3) is 3.78. The second kappa shape index (κ2) is 8.89. The Hall–Kier alpha value is -5.02. The molecule has 37 heavy (non-hydrogen) atoms. The van der Waals surface area contributed by atoms with Crippen molar-refractivity contribution in [2.45, 2.75) is 0 Å². The molecule has 0 bridgehead atoms. The van der Waals surface area contributed by atoms with E-state index in [1.807, 2.05) is 36.7 Å². The molecule has 3 heterocycles. The number of rotatable bonds is 4. The fraction of sp³-hybridized carbons (Fsp3) is 0. The van der Waals surface area contributed by atoms with E-state index >= 15 is 0 Å². The van der Waals surface area contributed by atoms with Crippen LogP contribution in [-0.4, -0.2) is 14.5 Å². The summed E-state index contributed by atoms with van der Waals surface area (Å²) in [5.41, 5.74) is 9.89. The highest BCUT2D eigenvalue weighted by Crippen LogP contribution is 2.35.